The topological polar surface area (TPSA) is 82.9 Å². The minimum atomic E-state index is -0.138. The lowest BCUT2D eigenvalue weighted by Crippen LogP contribution is -2.31. The predicted octanol–water partition coefficient (Wildman–Crippen LogP) is 1.85. The summed E-state index contributed by atoms with van der Waals surface area (Å²) in [7, 11) is 0. The molecule has 0 bridgehead atoms. The summed E-state index contributed by atoms with van der Waals surface area (Å²) in [5.41, 5.74) is 1.92. The summed E-state index contributed by atoms with van der Waals surface area (Å²) >= 11 is 0. The second-order valence-electron chi connectivity index (χ2n) is 5.81. The van der Waals surface area contributed by atoms with Crippen LogP contribution in [0.25, 0.3) is 0 Å². The zero-order chi connectivity index (χ0) is 19.2. The fourth-order valence-corrected chi connectivity index (χ4v) is 2.20. The van der Waals surface area contributed by atoms with E-state index < -0.39 is 0 Å². The van der Waals surface area contributed by atoms with Gasteiger partial charge in [-0.25, -0.2) is 0 Å². The van der Waals surface area contributed by atoms with Crippen LogP contribution in [0.1, 0.15) is 17.5 Å². The van der Waals surface area contributed by atoms with Gasteiger partial charge in [0.2, 0.25) is 11.8 Å². The number of carbonyl (C=O) groups excluding carboxylic acids is 2. The maximum atomic E-state index is 11.7. The third-order valence-electron chi connectivity index (χ3n) is 3.55. The molecule has 0 saturated heterocycles. The number of carbonyl (C=O) groups is 2. The van der Waals surface area contributed by atoms with E-state index in [1.165, 1.54) is 0 Å². The fourth-order valence-electron chi connectivity index (χ4n) is 2.20. The monoisotopic (exact) mass is 364 g/mol. The Morgan fingerprint density at radius 3 is 1.52 bits per heavy atom. The Hall–Kier alpha value is -3.28. The van der Waals surface area contributed by atoms with Crippen LogP contribution in [0.15, 0.2) is 70.6 Å². The van der Waals surface area contributed by atoms with Gasteiger partial charge in [0, 0.05) is 25.5 Å². The molecule has 2 rings (SSSR count). The van der Waals surface area contributed by atoms with Gasteiger partial charge in [0.1, 0.15) is 13.1 Å². The normalized spacial score (nSPS) is 11.0. The first-order valence-electron chi connectivity index (χ1n) is 8.87. The van der Waals surface area contributed by atoms with Gasteiger partial charge in [-0.2, -0.15) is 0 Å². The van der Waals surface area contributed by atoms with Crippen molar-refractivity contribution in [3.63, 3.8) is 0 Å². The van der Waals surface area contributed by atoms with E-state index in [1.54, 1.807) is 12.4 Å². The standard InChI is InChI=1S/C21H24N4O2/c26-20(16-22-14-18-8-3-1-4-9-18)24-12-7-13-25-21(27)17-23-15-19-10-5-2-6-11-19/h1-6,8-11,14-15H,7,12-13,16-17H2,(H,24,26)(H,25,27). The van der Waals surface area contributed by atoms with Gasteiger partial charge in [-0.05, 0) is 17.5 Å². The van der Waals surface area contributed by atoms with Crippen LogP contribution < -0.4 is 10.6 Å². The molecule has 6 heteroatoms. The summed E-state index contributed by atoms with van der Waals surface area (Å²) < 4.78 is 0. The zero-order valence-corrected chi connectivity index (χ0v) is 15.2. The van der Waals surface area contributed by atoms with Gasteiger partial charge in [0.15, 0.2) is 0 Å². The lowest BCUT2D eigenvalue weighted by atomic mass is 10.2. The van der Waals surface area contributed by atoms with Crippen molar-refractivity contribution >= 4 is 24.2 Å². The second kappa shape index (κ2) is 12.1. The molecule has 0 aliphatic carbocycles. The van der Waals surface area contributed by atoms with E-state index in [-0.39, 0.29) is 24.9 Å². The van der Waals surface area contributed by atoms with Crippen molar-refractivity contribution in [1.82, 2.24) is 10.6 Å². The van der Waals surface area contributed by atoms with Gasteiger partial charge in [-0.15, -0.1) is 0 Å². The number of hydrogen-bond acceptors (Lipinski definition) is 4. The van der Waals surface area contributed by atoms with Crippen LogP contribution in [0.4, 0.5) is 0 Å². The van der Waals surface area contributed by atoms with E-state index in [0.29, 0.717) is 19.5 Å². The number of amides is 2. The molecule has 0 fully saturated rings. The van der Waals surface area contributed by atoms with Crippen molar-refractivity contribution in [1.29, 1.82) is 0 Å². The van der Waals surface area contributed by atoms with E-state index in [4.69, 9.17) is 0 Å². The highest BCUT2D eigenvalue weighted by molar-refractivity contribution is 5.85. The first-order chi connectivity index (χ1) is 13.2. The summed E-state index contributed by atoms with van der Waals surface area (Å²) in [6.07, 6.45) is 4.01. The van der Waals surface area contributed by atoms with Crippen LogP contribution in [-0.2, 0) is 9.59 Å². The number of aliphatic imine (C=N–C) groups is 2. The molecular weight excluding hydrogens is 340 g/mol. The molecule has 0 unspecified atom stereocenters. The Kier molecular flexibility index (Phi) is 9.01. The SMILES string of the molecule is O=C(CN=Cc1ccccc1)NCCCNC(=O)CN=Cc1ccccc1. The molecular formula is C21H24N4O2. The Morgan fingerprint density at radius 2 is 1.11 bits per heavy atom. The average molecular weight is 364 g/mol. The molecule has 140 valence electrons. The molecule has 0 heterocycles. The molecule has 0 atom stereocenters. The van der Waals surface area contributed by atoms with E-state index in [1.807, 2.05) is 60.7 Å². The average Bonchev–Trinajstić information content (AvgIpc) is 2.69. The molecule has 2 aromatic rings. The quantitative estimate of drug-likeness (QED) is 0.498. The third-order valence-corrected chi connectivity index (χ3v) is 3.55. The Morgan fingerprint density at radius 1 is 0.704 bits per heavy atom. The molecule has 0 aromatic heterocycles. The molecule has 0 aliphatic heterocycles. The highest BCUT2D eigenvalue weighted by atomic mass is 16.2. The number of rotatable bonds is 10. The van der Waals surface area contributed by atoms with E-state index >= 15 is 0 Å². The molecule has 0 aliphatic rings. The van der Waals surface area contributed by atoms with Crippen molar-refractivity contribution < 1.29 is 9.59 Å². The van der Waals surface area contributed by atoms with Crippen LogP contribution in [0.3, 0.4) is 0 Å². The number of nitrogens with one attached hydrogen (secondary N) is 2. The smallest absolute Gasteiger partial charge is 0.241 e. The molecule has 2 N–H and O–H groups in total. The lowest BCUT2D eigenvalue weighted by Gasteiger charge is -2.05. The second-order valence-corrected chi connectivity index (χ2v) is 5.81. The van der Waals surface area contributed by atoms with Crippen molar-refractivity contribution in [2.24, 2.45) is 9.98 Å². The number of benzene rings is 2. The highest BCUT2D eigenvalue weighted by Crippen LogP contribution is 1.94. The minimum Gasteiger partial charge on any atom is -0.354 e. The maximum absolute atomic E-state index is 11.7. The summed E-state index contributed by atoms with van der Waals surface area (Å²) in [5, 5.41) is 5.55. The molecule has 27 heavy (non-hydrogen) atoms. The van der Waals surface area contributed by atoms with Gasteiger partial charge in [0.05, 0.1) is 0 Å². The van der Waals surface area contributed by atoms with Crippen molar-refractivity contribution in [3.05, 3.63) is 71.8 Å². The lowest BCUT2D eigenvalue weighted by molar-refractivity contribution is -0.120. The Labute approximate surface area is 159 Å². The molecule has 2 amide bonds. The molecule has 0 saturated carbocycles. The highest BCUT2D eigenvalue weighted by Gasteiger charge is 2.00. The molecule has 2 aromatic carbocycles. The third kappa shape index (κ3) is 9.11. The fraction of sp³-hybridized carbons (Fsp3) is 0.238. The Bertz CT molecular complexity index is 693. The molecule has 0 radical (unpaired) electrons. The van der Waals surface area contributed by atoms with Crippen LogP contribution in [0.2, 0.25) is 0 Å². The largest absolute Gasteiger partial charge is 0.354 e. The first kappa shape index (κ1) is 20.0. The van der Waals surface area contributed by atoms with E-state index in [2.05, 4.69) is 20.6 Å². The van der Waals surface area contributed by atoms with Gasteiger partial charge < -0.3 is 10.6 Å². The van der Waals surface area contributed by atoms with Crippen molar-refractivity contribution in [2.45, 2.75) is 6.42 Å². The van der Waals surface area contributed by atoms with Gasteiger partial charge in [-0.1, -0.05) is 60.7 Å². The molecule has 0 spiro atoms. The number of hydrogen-bond donors (Lipinski definition) is 2. The van der Waals surface area contributed by atoms with E-state index in [9.17, 15) is 9.59 Å². The van der Waals surface area contributed by atoms with Gasteiger partial charge in [-0.3, -0.25) is 19.6 Å². The maximum Gasteiger partial charge on any atom is 0.241 e. The summed E-state index contributed by atoms with van der Waals surface area (Å²) in [5.74, 6) is -0.276. The predicted molar refractivity (Wildman–Crippen MR) is 108 cm³/mol. The van der Waals surface area contributed by atoms with Gasteiger partial charge >= 0.3 is 0 Å². The van der Waals surface area contributed by atoms with E-state index in [0.717, 1.165) is 11.1 Å². The van der Waals surface area contributed by atoms with Crippen molar-refractivity contribution in [3.8, 4) is 0 Å². The van der Waals surface area contributed by atoms with Crippen LogP contribution in [0, 0.1) is 0 Å². The van der Waals surface area contributed by atoms with Crippen molar-refractivity contribution in [2.75, 3.05) is 26.2 Å². The summed E-state index contributed by atoms with van der Waals surface area (Å²) in [6, 6.07) is 19.2. The van der Waals surface area contributed by atoms with Crippen LogP contribution in [0.5, 0.6) is 0 Å². The first-order valence-corrected chi connectivity index (χ1v) is 8.87. The number of nitrogens with zero attached hydrogens (tertiary/aromatic N) is 2. The van der Waals surface area contributed by atoms with Crippen LogP contribution in [-0.4, -0.2) is 50.4 Å². The van der Waals surface area contributed by atoms with Crippen LogP contribution >= 0.6 is 0 Å². The summed E-state index contributed by atoms with van der Waals surface area (Å²) in [6.45, 7) is 1.17. The minimum absolute atomic E-state index is 0.0927. The zero-order valence-electron chi connectivity index (χ0n) is 15.2. The van der Waals surface area contributed by atoms with Gasteiger partial charge in [0.25, 0.3) is 0 Å². The summed E-state index contributed by atoms with van der Waals surface area (Å²) in [4.78, 5) is 31.6. The Balaban J connectivity index is 1.51. The molecule has 6 nitrogen and oxygen atoms in total.